The van der Waals surface area contributed by atoms with Crippen molar-refractivity contribution in [1.82, 2.24) is 0 Å². The van der Waals surface area contributed by atoms with Gasteiger partial charge in [0.25, 0.3) is 5.91 Å². The zero-order valence-electron chi connectivity index (χ0n) is 13.7. The predicted molar refractivity (Wildman–Crippen MR) is 97.8 cm³/mol. The van der Waals surface area contributed by atoms with E-state index in [0.29, 0.717) is 16.5 Å². The first-order chi connectivity index (χ1) is 12.5. The van der Waals surface area contributed by atoms with E-state index >= 15 is 0 Å². The monoisotopic (exact) mass is 373 g/mol. The summed E-state index contributed by atoms with van der Waals surface area (Å²) in [7, 11) is 1.50. The van der Waals surface area contributed by atoms with Crippen LogP contribution in [0, 0.1) is 11.6 Å². The number of amides is 1. The summed E-state index contributed by atoms with van der Waals surface area (Å²) in [5, 5.41) is 3.13. The predicted octanol–water partition coefficient (Wildman–Crippen LogP) is 5.55. The summed E-state index contributed by atoms with van der Waals surface area (Å²) in [5.74, 6) is -2.51. The van der Waals surface area contributed by atoms with Crippen molar-refractivity contribution in [2.24, 2.45) is 0 Å². The Morgan fingerprint density at radius 2 is 1.81 bits per heavy atom. The second-order valence-electron chi connectivity index (χ2n) is 5.48. The van der Waals surface area contributed by atoms with Crippen molar-refractivity contribution in [3.63, 3.8) is 0 Å². The number of carbonyl (C=O) groups is 1. The molecule has 0 unspecified atom stereocenters. The van der Waals surface area contributed by atoms with Crippen LogP contribution >= 0.6 is 11.6 Å². The number of anilines is 1. The van der Waals surface area contributed by atoms with Gasteiger partial charge in [-0.05, 0) is 42.0 Å². The van der Waals surface area contributed by atoms with Crippen molar-refractivity contribution in [1.29, 1.82) is 0 Å². The van der Waals surface area contributed by atoms with Gasteiger partial charge in [-0.15, -0.1) is 0 Å². The fraction of sp³-hybridized carbons (Fsp3) is 0.0500. The fourth-order valence-electron chi connectivity index (χ4n) is 2.54. The van der Waals surface area contributed by atoms with Crippen LogP contribution in [0.5, 0.6) is 5.75 Å². The molecular formula is C20H14ClF2NO2. The summed E-state index contributed by atoms with van der Waals surface area (Å²) in [6, 6.07) is 15.7. The normalized spacial score (nSPS) is 10.5. The maximum Gasteiger partial charge on any atom is 0.258 e. The van der Waals surface area contributed by atoms with E-state index in [0.717, 1.165) is 17.2 Å². The van der Waals surface area contributed by atoms with Gasteiger partial charge in [0.15, 0.2) is 11.6 Å². The molecular weight excluding hydrogens is 360 g/mol. The van der Waals surface area contributed by atoms with Gasteiger partial charge in [0.05, 0.1) is 12.7 Å². The molecule has 0 aliphatic rings. The van der Waals surface area contributed by atoms with E-state index in [1.54, 1.807) is 30.3 Å². The Kier molecular flexibility index (Phi) is 5.19. The number of rotatable bonds is 4. The fourth-order valence-corrected chi connectivity index (χ4v) is 2.73. The molecule has 0 radical (unpaired) electrons. The van der Waals surface area contributed by atoms with Gasteiger partial charge in [0.1, 0.15) is 5.75 Å². The van der Waals surface area contributed by atoms with Crippen molar-refractivity contribution in [2.45, 2.75) is 0 Å². The molecule has 0 saturated carbocycles. The highest BCUT2D eigenvalue weighted by Gasteiger charge is 2.16. The smallest absolute Gasteiger partial charge is 0.258 e. The molecule has 0 saturated heterocycles. The molecule has 0 bridgehead atoms. The molecule has 1 N–H and O–H groups in total. The van der Waals surface area contributed by atoms with E-state index in [4.69, 9.17) is 16.3 Å². The van der Waals surface area contributed by atoms with Gasteiger partial charge in [0, 0.05) is 22.3 Å². The molecule has 0 spiro atoms. The van der Waals surface area contributed by atoms with Crippen LogP contribution in [0.1, 0.15) is 10.4 Å². The maximum absolute atomic E-state index is 13.8. The largest absolute Gasteiger partial charge is 0.496 e. The van der Waals surface area contributed by atoms with Crippen LogP contribution in [0.2, 0.25) is 5.02 Å². The van der Waals surface area contributed by atoms with Crippen LogP contribution in [0.4, 0.5) is 14.5 Å². The average Bonchev–Trinajstić information content (AvgIpc) is 2.63. The molecule has 26 heavy (non-hydrogen) atoms. The van der Waals surface area contributed by atoms with E-state index < -0.39 is 17.5 Å². The van der Waals surface area contributed by atoms with Crippen molar-refractivity contribution >= 4 is 23.2 Å². The lowest BCUT2D eigenvalue weighted by Crippen LogP contribution is -2.14. The van der Waals surface area contributed by atoms with Crippen LogP contribution in [0.15, 0.2) is 60.7 Å². The zero-order chi connectivity index (χ0) is 18.7. The van der Waals surface area contributed by atoms with Crippen molar-refractivity contribution in [3.8, 4) is 16.9 Å². The molecule has 0 aliphatic carbocycles. The Morgan fingerprint density at radius 1 is 1.04 bits per heavy atom. The molecule has 0 fully saturated rings. The summed E-state index contributed by atoms with van der Waals surface area (Å²) in [4.78, 5) is 12.2. The third kappa shape index (κ3) is 3.68. The standard InChI is InChI=1S/C20H14ClF2NO2/c1-26-18-11-14(8-9-15(18)12-4-2-5-13(21)10-12)24-20(25)16-6-3-7-17(22)19(16)23/h2-11H,1H3,(H,24,25). The summed E-state index contributed by atoms with van der Waals surface area (Å²) >= 11 is 6.02. The zero-order valence-corrected chi connectivity index (χ0v) is 14.5. The number of halogens is 3. The number of nitrogens with one attached hydrogen (secondary N) is 1. The van der Waals surface area contributed by atoms with Gasteiger partial charge in [0.2, 0.25) is 0 Å². The third-order valence-corrected chi connectivity index (χ3v) is 4.03. The number of ether oxygens (including phenoxy) is 1. The second-order valence-corrected chi connectivity index (χ2v) is 5.92. The van der Waals surface area contributed by atoms with Gasteiger partial charge < -0.3 is 10.1 Å². The minimum absolute atomic E-state index is 0.372. The Hall–Kier alpha value is -2.92. The first-order valence-corrected chi connectivity index (χ1v) is 8.06. The van der Waals surface area contributed by atoms with E-state index in [1.807, 2.05) is 12.1 Å². The molecule has 1 amide bonds. The van der Waals surface area contributed by atoms with Crippen LogP contribution in [0.3, 0.4) is 0 Å². The molecule has 3 nitrogen and oxygen atoms in total. The van der Waals surface area contributed by atoms with Crippen molar-refractivity contribution in [3.05, 3.63) is 82.9 Å². The lowest BCUT2D eigenvalue weighted by molar-refractivity contribution is 0.102. The average molecular weight is 374 g/mol. The number of carbonyl (C=O) groups excluding carboxylic acids is 1. The highest BCUT2D eigenvalue weighted by molar-refractivity contribution is 6.30. The molecule has 132 valence electrons. The molecule has 3 aromatic carbocycles. The van der Waals surface area contributed by atoms with E-state index in [-0.39, 0.29) is 5.56 Å². The lowest BCUT2D eigenvalue weighted by atomic mass is 10.0. The Bertz CT molecular complexity index is 976. The Balaban J connectivity index is 1.90. The highest BCUT2D eigenvalue weighted by Crippen LogP contribution is 2.33. The third-order valence-electron chi connectivity index (χ3n) is 3.79. The molecule has 0 atom stereocenters. The van der Waals surface area contributed by atoms with Crippen LogP contribution in [-0.2, 0) is 0 Å². The molecule has 3 rings (SSSR count). The van der Waals surface area contributed by atoms with Crippen LogP contribution in [0.25, 0.3) is 11.1 Å². The summed E-state index contributed by atoms with van der Waals surface area (Å²) < 4.78 is 32.4. The Morgan fingerprint density at radius 3 is 2.54 bits per heavy atom. The Labute approximate surface area is 154 Å². The first-order valence-electron chi connectivity index (χ1n) is 7.69. The van der Waals surface area contributed by atoms with E-state index in [2.05, 4.69) is 5.32 Å². The van der Waals surface area contributed by atoms with Gasteiger partial charge in [-0.1, -0.05) is 29.8 Å². The summed E-state index contributed by atoms with van der Waals surface area (Å²) in [5.41, 5.74) is 1.65. The molecule has 3 aromatic rings. The molecule has 0 heterocycles. The van der Waals surface area contributed by atoms with E-state index in [1.165, 1.54) is 19.2 Å². The summed E-state index contributed by atoms with van der Waals surface area (Å²) in [6.45, 7) is 0. The number of benzene rings is 3. The van der Waals surface area contributed by atoms with Crippen LogP contribution < -0.4 is 10.1 Å². The van der Waals surface area contributed by atoms with Gasteiger partial charge >= 0.3 is 0 Å². The number of methoxy groups -OCH3 is 1. The van der Waals surface area contributed by atoms with Gasteiger partial charge in [-0.25, -0.2) is 8.78 Å². The quantitative estimate of drug-likeness (QED) is 0.651. The maximum atomic E-state index is 13.8. The minimum atomic E-state index is -1.19. The van der Waals surface area contributed by atoms with Crippen molar-refractivity contribution in [2.75, 3.05) is 12.4 Å². The second kappa shape index (κ2) is 7.54. The number of hydrogen-bond acceptors (Lipinski definition) is 2. The van der Waals surface area contributed by atoms with Crippen LogP contribution in [-0.4, -0.2) is 13.0 Å². The van der Waals surface area contributed by atoms with Crippen molar-refractivity contribution < 1.29 is 18.3 Å². The lowest BCUT2D eigenvalue weighted by Gasteiger charge is -2.12. The molecule has 0 aliphatic heterocycles. The SMILES string of the molecule is COc1cc(NC(=O)c2cccc(F)c2F)ccc1-c1cccc(Cl)c1. The van der Waals surface area contributed by atoms with Gasteiger partial charge in [-0.2, -0.15) is 0 Å². The first kappa shape index (κ1) is 17.9. The highest BCUT2D eigenvalue weighted by atomic mass is 35.5. The molecule has 0 aromatic heterocycles. The minimum Gasteiger partial charge on any atom is -0.496 e. The van der Waals surface area contributed by atoms with E-state index in [9.17, 15) is 13.6 Å². The summed E-state index contributed by atoms with van der Waals surface area (Å²) in [6.07, 6.45) is 0. The number of hydrogen-bond donors (Lipinski definition) is 1. The topological polar surface area (TPSA) is 38.3 Å². The molecule has 6 heteroatoms. The van der Waals surface area contributed by atoms with Gasteiger partial charge in [-0.3, -0.25) is 4.79 Å².